The van der Waals surface area contributed by atoms with E-state index in [1.54, 1.807) is 12.1 Å². The minimum absolute atomic E-state index is 0.174. The average molecular weight is 377 g/mol. The van der Waals surface area contributed by atoms with E-state index in [2.05, 4.69) is 10.3 Å². The van der Waals surface area contributed by atoms with E-state index in [1.807, 2.05) is 54.9 Å². The van der Waals surface area contributed by atoms with Gasteiger partial charge in [0.05, 0.1) is 37.5 Å². The molecule has 28 heavy (non-hydrogen) atoms. The molecule has 0 aliphatic carbocycles. The van der Waals surface area contributed by atoms with Gasteiger partial charge in [0, 0.05) is 11.1 Å². The molecular formula is C22H23N3O3. The van der Waals surface area contributed by atoms with Gasteiger partial charge in [-0.3, -0.25) is 14.3 Å². The van der Waals surface area contributed by atoms with Crippen LogP contribution in [0.15, 0.2) is 53.3 Å². The van der Waals surface area contributed by atoms with E-state index in [-0.39, 0.29) is 16.9 Å². The van der Waals surface area contributed by atoms with Crippen LogP contribution in [0.25, 0.3) is 10.9 Å². The number of para-hydroxylation sites is 1. The number of anilines is 1. The molecule has 144 valence electrons. The number of fused-ring (bicyclic) bond motifs is 1. The number of carbonyl (C=O) groups is 1. The summed E-state index contributed by atoms with van der Waals surface area (Å²) in [5.41, 5.74) is 3.02. The summed E-state index contributed by atoms with van der Waals surface area (Å²) in [5.74, 6) is -0.390. The molecule has 0 radical (unpaired) electrons. The quantitative estimate of drug-likeness (QED) is 0.762. The molecule has 4 rings (SSSR count). The highest BCUT2D eigenvalue weighted by Crippen LogP contribution is 2.20. The summed E-state index contributed by atoms with van der Waals surface area (Å²) >= 11 is 0. The fraction of sp³-hybridized carbons (Fsp3) is 0.273. The van der Waals surface area contributed by atoms with E-state index in [4.69, 9.17) is 4.74 Å². The number of hydrogen-bond acceptors (Lipinski definition) is 4. The molecule has 1 aliphatic heterocycles. The summed E-state index contributed by atoms with van der Waals surface area (Å²) in [4.78, 5) is 26.3. The maximum atomic E-state index is 13.3. The van der Waals surface area contributed by atoms with E-state index in [0.29, 0.717) is 43.1 Å². The van der Waals surface area contributed by atoms with Crippen molar-refractivity contribution in [1.82, 2.24) is 4.68 Å². The third-order valence-corrected chi connectivity index (χ3v) is 5.06. The van der Waals surface area contributed by atoms with E-state index in [9.17, 15) is 9.59 Å². The Hall–Kier alpha value is -3.12. The van der Waals surface area contributed by atoms with Crippen molar-refractivity contribution in [2.24, 2.45) is 0 Å². The Labute approximate surface area is 163 Å². The van der Waals surface area contributed by atoms with Gasteiger partial charge in [0.1, 0.15) is 5.56 Å². The maximum absolute atomic E-state index is 13.3. The van der Waals surface area contributed by atoms with Gasteiger partial charge in [-0.15, -0.1) is 0 Å². The van der Waals surface area contributed by atoms with Crippen molar-refractivity contribution in [2.45, 2.75) is 13.8 Å². The largest absolute Gasteiger partial charge is 0.378 e. The number of benzene rings is 2. The van der Waals surface area contributed by atoms with Crippen molar-refractivity contribution >= 4 is 22.5 Å². The van der Waals surface area contributed by atoms with Crippen LogP contribution in [-0.4, -0.2) is 36.9 Å². The third-order valence-electron chi connectivity index (χ3n) is 5.06. The number of aromatic nitrogens is 1. The molecule has 2 aromatic carbocycles. The van der Waals surface area contributed by atoms with Gasteiger partial charge >= 0.3 is 0 Å². The highest BCUT2D eigenvalue weighted by molar-refractivity contribution is 6.06. The Bertz CT molecular complexity index is 1080. The predicted molar refractivity (Wildman–Crippen MR) is 111 cm³/mol. The van der Waals surface area contributed by atoms with Crippen molar-refractivity contribution in [1.29, 1.82) is 0 Å². The number of amides is 1. The molecule has 3 aromatic rings. The summed E-state index contributed by atoms with van der Waals surface area (Å²) < 4.78 is 7.48. The number of nitrogens with zero attached hydrogens (tertiary/aromatic N) is 2. The van der Waals surface area contributed by atoms with Gasteiger partial charge in [-0.1, -0.05) is 29.8 Å². The van der Waals surface area contributed by atoms with E-state index < -0.39 is 0 Å². The molecule has 0 atom stereocenters. The van der Waals surface area contributed by atoms with Crippen LogP contribution in [0.3, 0.4) is 0 Å². The van der Waals surface area contributed by atoms with Gasteiger partial charge in [-0.05, 0) is 38.1 Å². The molecular weight excluding hydrogens is 354 g/mol. The van der Waals surface area contributed by atoms with Crippen LogP contribution in [0.1, 0.15) is 21.6 Å². The number of hydrogen-bond donors (Lipinski definition) is 1. The minimum atomic E-state index is -0.390. The van der Waals surface area contributed by atoms with Gasteiger partial charge in [-0.25, -0.2) is 0 Å². The second-order valence-corrected chi connectivity index (χ2v) is 7.01. The Morgan fingerprint density at radius 1 is 1.04 bits per heavy atom. The molecule has 6 heteroatoms. The van der Waals surface area contributed by atoms with Gasteiger partial charge in [0.25, 0.3) is 5.91 Å². The van der Waals surface area contributed by atoms with Crippen LogP contribution in [0.2, 0.25) is 0 Å². The number of morpholine rings is 1. The smallest absolute Gasteiger partial charge is 0.261 e. The fourth-order valence-corrected chi connectivity index (χ4v) is 3.70. The van der Waals surface area contributed by atoms with Crippen LogP contribution in [0.4, 0.5) is 5.69 Å². The van der Waals surface area contributed by atoms with Crippen molar-refractivity contribution < 1.29 is 9.53 Å². The number of carbonyl (C=O) groups excluding carboxylic acids is 1. The Morgan fingerprint density at radius 3 is 2.46 bits per heavy atom. The SMILES string of the molecule is Cc1ccc2c(c1)c(=O)c(C(=O)Nc1ccccc1)c(C)n2N1CCOCC1. The molecule has 0 saturated carbocycles. The molecule has 0 bridgehead atoms. The fourth-order valence-electron chi connectivity index (χ4n) is 3.70. The van der Waals surface area contributed by atoms with E-state index >= 15 is 0 Å². The third kappa shape index (κ3) is 3.27. The van der Waals surface area contributed by atoms with Crippen LogP contribution < -0.4 is 15.8 Å². The first kappa shape index (κ1) is 18.3. The van der Waals surface area contributed by atoms with Crippen molar-refractivity contribution in [3.63, 3.8) is 0 Å². The number of nitrogens with one attached hydrogen (secondary N) is 1. The number of pyridine rings is 1. The Morgan fingerprint density at radius 2 is 1.75 bits per heavy atom. The minimum Gasteiger partial charge on any atom is -0.378 e. The van der Waals surface area contributed by atoms with Crippen LogP contribution >= 0.6 is 0 Å². The Balaban J connectivity index is 1.90. The predicted octanol–water partition coefficient (Wildman–Crippen LogP) is 2.84. The van der Waals surface area contributed by atoms with Crippen molar-refractivity contribution in [2.75, 3.05) is 36.6 Å². The maximum Gasteiger partial charge on any atom is 0.261 e. The highest BCUT2D eigenvalue weighted by atomic mass is 16.5. The second-order valence-electron chi connectivity index (χ2n) is 7.01. The summed E-state index contributed by atoms with van der Waals surface area (Å²) in [6.45, 7) is 6.41. The summed E-state index contributed by atoms with van der Waals surface area (Å²) in [7, 11) is 0. The lowest BCUT2D eigenvalue weighted by Crippen LogP contribution is -2.46. The topological polar surface area (TPSA) is 63.6 Å². The molecule has 0 spiro atoms. The lowest BCUT2D eigenvalue weighted by molar-refractivity contribution is 0.102. The van der Waals surface area contributed by atoms with Crippen LogP contribution in [0.5, 0.6) is 0 Å². The molecule has 1 N–H and O–H groups in total. The molecule has 1 aromatic heterocycles. The number of ether oxygens (including phenoxy) is 1. The zero-order valence-electron chi connectivity index (χ0n) is 16.1. The van der Waals surface area contributed by atoms with Gasteiger partial charge in [0.2, 0.25) is 5.43 Å². The van der Waals surface area contributed by atoms with Crippen molar-refractivity contribution in [3.8, 4) is 0 Å². The van der Waals surface area contributed by atoms with E-state index in [0.717, 1.165) is 11.1 Å². The Kier molecular flexibility index (Phi) is 4.88. The zero-order valence-corrected chi connectivity index (χ0v) is 16.1. The summed E-state index contributed by atoms with van der Waals surface area (Å²) in [5, 5.41) is 5.54. The number of rotatable bonds is 3. The molecule has 2 heterocycles. The first-order valence-electron chi connectivity index (χ1n) is 9.41. The molecule has 0 unspecified atom stereocenters. The summed E-state index contributed by atoms with van der Waals surface area (Å²) in [6, 6.07) is 15.0. The monoisotopic (exact) mass is 377 g/mol. The van der Waals surface area contributed by atoms with Crippen LogP contribution in [-0.2, 0) is 4.74 Å². The second kappa shape index (κ2) is 7.48. The molecule has 1 aliphatic rings. The lowest BCUT2D eigenvalue weighted by atomic mass is 10.1. The van der Waals surface area contributed by atoms with Crippen molar-refractivity contribution in [3.05, 3.63) is 75.6 Å². The van der Waals surface area contributed by atoms with Crippen LogP contribution in [0, 0.1) is 13.8 Å². The summed E-state index contributed by atoms with van der Waals surface area (Å²) in [6.07, 6.45) is 0. The van der Waals surface area contributed by atoms with Gasteiger partial charge in [-0.2, -0.15) is 0 Å². The average Bonchev–Trinajstić information content (AvgIpc) is 2.70. The zero-order chi connectivity index (χ0) is 19.7. The lowest BCUT2D eigenvalue weighted by Gasteiger charge is -2.34. The molecule has 1 amide bonds. The molecule has 1 saturated heterocycles. The standard InChI is InChI=1S/C22H23N3O3/c1-15-8-9-19-18(14-15)21(26)20(22(27)23-17-6-4-3-5-7-17)16(2)25(19)24-10-12-28-13-11-24/h3-9,14H,10-13H2,1-2H3,(H,23,27). The normalized spacial score (nSPS) is 14.3. The molecule has 1 fully saturated rings. The van der Waals surface area contributed by atoms with Gasteiger partial charge in [0.15, 0.2) is 0 Å². The first-order chi connectivity index (χ1) is 13.6. The highest BCUT2D eigenvalue weighted by Gasteiger charge is 2.23. The molecule has 6 nitrogen and oxygen atoms in total. The van der Waals surface area contributed by atoms with Gasteiger partial charge < -0.3 is 15.1 Å². The first-order valence-corrected chi connectivity index (χ1v) is 9.41. The van der Waals surface area contributed by atoms with E-state index in [1.165, 1.54) is 0 Å². The number of aryl methyl sites for hydroxylation is 1.